The number of hydrogen-bond acceptors (Lipinski definition) is 4. The van der Waals surface area contributed by atoms with Crippen molar-refractivity contribution in [2.24, 2.45) is 0 Å². The largest absolute Gasteiger partial charge is 0.472 e. The Morgan fingerprint density at radius 2 is 1.53 bits per heavy atom. The molecule has 1 fully saturated rings. The normalized spacial score (nSPS) is 15.1. The van der Waals surface area contributed by atoms with Gasteiger partial charge in [-0.05, 0) is 36.6 Å². The Labute approximate surface area is 186 Å². The molecule has 1 unspecified atom stereocenters. The van der Waals surface area contributed by atoms with Gasteiger partial charge in [-0.25, -0.2) is 0 Å². The molecule has 0 saturated carbocycles. The van der Waals surface area contributed by atoms with E-state index in [1.165, 1.54) is 12.5 Å². The van der Waals surface area contributed by atoms with Crippen LogP contribution in [-0.4, -0.2) is 41.8 Å². The Morgan fingerprint density at radius 3 is 2.16 bits per heavy atom. The zero-order valence-corrected chi connectivity index (χ0v) is 17.6. The van der Waals surface area contributed by atoms with Gasteiger partial charge in [-0.2, -0.15) is 0 Å². The average molecular weight is 431 g/mol. The van der Waals surface area contributed by atoms with Gasteiger partial charge in [0.05, 0.1) is 11.8 Å². The molecule has 1 aliphatic heterocycles. The monoisotopic (exact) mass is 431 g/mol. The quantitative estimate of drug-likeness (QED) is 0.627. The lowest BCUT2D eigenvalue weighted by molar-refractivity contribution is -0.124. The van der Waals surface area contributed by atoms with Crippen LogP contribution in [0.1, 0.15) is 45.2 Å². The Bertz CT molecular complexity index is 1040. The number of piperidine rings is 1. The summed E-state index contributed by atoms with van der Waals surface area (Å²) in [5.74, 6) is -0.643. The van der Waals surface area contributed by atoms with Gasteiger partial charge < -0.3 is 20.0 Å². The summed E-state index contributed by atoms with van der Waals surface area (Å²) >= 11 is 0. The summed E-state index contributed by atoms with van der Waals surface area (Å²) in [4.78, 5) is 40.1. The van der Waals surface area contributed by atoms with Crippen LogP contribution in [0.3, 0.4) is 0 Å². The molecule has 2 aromatic carbocycles. The lowest BCUT2D eigenvalue weighted by atomic mass is 10.0. The lowest BCUT2D eigenvalue weighted by Gasteiger charge is -2.33. The third-order valence-electron chi connectivity index (χ3n) is 5.60. The van der Waals surface area contributed by atoms with Crippen LogP contribution in [0.2, 0.25) is 0 Å². The van der Waals surface area contributed by atoms with Gasteiger partial charge in [0.1, 0.15) is 12.3 Å². The maximum Gasteiger partial charge on any atom is 0.257 e. The van der Waals surface area contributed by atoms with Crippen LogP contribution < -0.4 is 10.6 Å². The van der Waals surface area contributed by atoms with Crippen molar-refractivity contribution in [3.63, 3.8) is 0 Å². The highest BCUT2D eigenvalue weighted by molar-refractivity contribution is 5.98. The fourth-order valence-electron chi connectivity index (χ4n) is 3.83. The smallest absolute Gasteiger partial charge is 0.257 e. The van der Waals surface area contributed by atoms with Gasteiger partial charge in [0.2, 0.25) is 5.91 Å². The van der Waals surface area contributed by atoms with Crippen LogP contribution in [0.15, 0.2) is 83.7 Å². The Hall–Kier alpha value is -3.87. The third-order valence-corrected chi connectivity index (χ3v) is 5.60. The molecule has 4 rings (SSSR count). The summed E-state index contributed by atoms with van der Waals surface area (Å²) in [6, 6.07) is 18.8. The van der Waals surface area contributed by atoms with Crippen LogP contribution in [0, 0.1) is 0 Å². The molecule has 0 aliphatic carbocycles. The third kappa shape index (κ3) is 5.06. The number of likely N-dealkylation sites (tertiary alicyclic amines) is 1. The first kappa shape index (κ1) is 21.4. The van der Waals surface area contributed by atoms with E-state index in [1.807, 2.05) is 36.4 Å². The Morgan fingerprint density at radius 1 is 0.875 bits per heavy atom. The van der Waals surface area contributed by atoms with Crippen molar-refractivity contribution in [3.8, 4) is 0 Å². The van der Waals surface area contributed by atoms with Crippen molar-refractivity contribution >= 4 is 17.7 Å². The molecule has 0 radical (unpaired) electrons. The molecule has 1 saturated heterocycles. The zero-order valence-electron chi connectivity index (χ0n) is 17.6. The van der Waals surface area contributed by atoms with Gasteiger partial charge in [0, 0.05) is 24.7 Å². The predicted octanol–water partition coefficient (Wildman–Crippen LogP) is 3.17. The Balaban J connectivity index is 1.39. The summed E-state index contributed by atoms with van der Waals surface area (Å²) in [5, 5.41) is 5.92. The number of benzene rings is 2. The first-order valence-electron chi connectivity index (χ1n) is 10.6. The second-order valence-corrected chi connectivity index (χ2v) is 7.77. The molecule has 1 atom stereocenters. The van der Waals surface area contributed by atoms with Crippen LogP contribution >= 0.6 is 0 Å². The van der Waals surface area contributed by atoms with Crippen molar-refractivity contribution in [2.75, 3.05) is 13.1 Å². The van der Waals surface area contributed by atoms with Crippen molar-refractivity contribution in [3.05, 3.63) is 95.9 Å². The van der Waals surface area contributed by atoms with E-state index in [9.17, 15) is 14.4 Å². The van der Waals surface area contributed by atoms with Crippen LogP contribution in [0.4, 0.5) is 0 Å². The fraction of sp³-hybridized carbons (Fsp3) is 0.240. The van der Waals surface area contributed by atoms with Gasteiger partial charge in [-0.1, -0.05) is 48.5 Å². The van der Waals surface area contributed by atoms with Crippen molar-refractivity contribution < 1.29 is 18.8 Å². The topological polar surface area (TPSA) is 91.7 Å². The van der Waals surface area contributed by atoms with E-state index in [0.717, 1.165) is 0 Å². The first-order chi connectivity index (χ1) is 15.6. The zero-order chi connectivity index (χ0) is 22.3. The molecule has 2 heterocycles. The Kier molecular flexibility index (Phi) is 6.65. The summed E-state index contributed by atoms with van der Waals surface area (Å²) < 4.78 is 4.99. The number of carbonyl (C=O) groups excluding carboxylic acids is 3. The molecule has 1 aliphatic rings. The van der Waals surface area contributed by atoms with E-state index in [4.69, 9.17) is 4.42 Å². The molecule has 0 spiro atoms. The minimum absolute atomic E-state index is 0.0687. The van der Waals surface area contributed by atoms with Crippen LogP contribution in [0.5, 0.6) is 0 Å². The van der Waals surface area contributed by atoms with Crippen molar-refractivity contribution in [1.29, 1.82) is 0 Å². The molecule has 1 aromatic heterocycles. The van der Waals surface area contributed by atoms with Crippen molar-refractivity contribution in [1.82, 2.24) is 15.5 Å². The minimum Gasteiger partial charge on any atom is -0.472 e. The summed E-state index contributed by atoms with van der Waals surface area (Å²) in [6.07, 6.45) is 4.21. The SMILES string of the molecule is O=C(NC(C(=O)NC1CCN(C(=O)c2ccoc2)CC1)c1ccccc1)c1ccccc1. The van der Waals surface area contributed by atoms with Gasteiger partial charge in [0.15, 0.2) is 0 Å². The summed E-state index contributed by atoms with van der Waals surface area (Å²) in [5.41, 5.74) is 1.73. The molecular weight excluding hydrogens is 406 g/mol. The van der Waals surface area contributed by atoms with E-state index >= 15 is 0 Å². The second kappa shape index (κ2) is 9.96. The fourth-order valence-corrected chi connectivity index (χ4v) is 3.83. The van der Waals surface area contributed by atoms with Gasteiger partial charge >= 0.3 is 0 Å². The van der Waals surface area contributed by atoms with Gasteiger partial charge in [-0.15, -0.1) is 0 Å². The average Bonchev–Trinajstić information content (AvgIpc) is 3.38. The minimum atomic E-state index is -0.811. The highest BCUT2D eigenvalue weighted by Gasteiger charge is 2.29. The molecule has 3 aromatic rings. The molecule has 7 heteroatoms. The van der Waals surface area contributed by atoms with E-state index in [1.54, 1.807) is 35.2 Å². The van der Waals surface area contributed by atoms with Gasteiger partial charge in [-0.3, -0.25) is 14.4 Å². The van der Waals surface area contributed by atoms with Gasteiger partial charge in [0.25, 0.3) is 11.8 Å². The van der Waals surface area contributed by atoms with Crippen LogP contribution in [-0.2, 0) is 4.79 Å². The molecule has 0 bridgehead atoms. The number of furan rings is 1. The number of hydrogen-bond donors (Lipinski definition) is 2. The number of carbonyl (C=O) groups is 3. The molecule has 3 amide bonds. The maximum absolute atomic E-state index is 13.2. The van der Waals surface area contributed by atoms with E-state index < -0.39 is 6.04 Å². The molecule has 164 valence electrons. The summed E-state index contributed by atoms with van der Waals surface area (Å²) in [7, 11) is 0. The highest BCUT2D eigenvalue weighted by atomic mass is 16.3. The van der Waals surface area contributed by atoms with Crippen molar-refractivity contribution in [2.45, 2.75) is 24.9 Å². The first-order valence-corrected chi connectivity index (χ1v) is 10.6. The van der Waals surface area contributed by atoms with E-state index in [2.05, 4.69) is 10.6 Å². The highest BCUT2D eigenvalue weighted by Crippen LogP contribution is 2.18. The summed E-state index contributed by atoms with van der Waals surface area (Å²) in [6.45, 7) is 1.09. The van der Waals surface area contributed by atoms with Crippen LogP contribution in [0.25, 0.3) is 0 Å². The number of amides is 3. The number of nitrogens with one attached hydrogen (secondary N) is 2. The standard InChI is InChI=1S/C25H25N3O4/c29-23(19-9-5-2-6-10-19)27-22(18-7-3-1-4-8-18)24(30)26-21-11-14-28(15-12-21)25(31)20-13-16-32-17-20/h1-10,13,16-17,21-22H,11-12,14-15H2,(H,26,30)(H,27,29). The number of nitrogens with zero attached hydrogens (tertiary/aromatic N) is 1. The number of rotatable bonds is 6. The van der Waals surface area contributed by atoms with E-state index in [-0.39, 0.29) is 23.8 Å². The second-order valence-electron chi connectivity index (χ2n) is 7.77. The molecular formula is C25H25N3O4. The predicted molar refractivity (Wildman–Crippen MR) is 119 cm³/mol. The lowest BCUT2D eigenvalue weighted by Crippen LogP contribution is -2.49. The maximum atomic E-state index is 13.2. The molecule has 2 N–H and O–H groups in total. The molecule has 32 heavy (non-hydrogen) atoms. The molecule has 7 nitrogen and oxygen atoms in total. The van der Waals surface area contributed by atoms with E-state index in [0.29, 0.717) is 42.6 Å².